The summed E-state index contributed by atoms with van der Waals surface area (Å²) in [6.07, 6.45) is 0.908. The number of hydrogen-bond donors (Lipinski definition) is 3. The van der Waals surface area contributed by atoms with Crippen molar-refractivity contribution < 1.29 is 19.8 Å². The van der Waals surface area contributed by atoms with Gasteiger partial charge in [0.25, 0.3) is 5.56 Å². The van der Waals surface area contributed by atoms with E-state index in [1.807, 2.05) is 0 Å². The van der Waals surface area contributed by atoms with Gasteiger partial charge < -0.3 is 15.5 Å². The van der Waals surface area contributed by atoms with E-state index in [9.17, 15) is 14.4 Å². The van der Waals surface area contributed by atoms with Gasteiger partial charge in [-0.3, -0.25) is 14.0 Å². The Kier molecular flexibility index (Phi) is 3.65. The molecule has 8 heteroatoms. The first-order valence-electron chi connectivity index (χ1n) is 5.67. The second kappa shape index (κ2) is 5.39. The lowest BCUT2D eigenvalue weighted by molar-refractivity contribution is -0.144. The molecule has 0 aliphatic rings. The molecule has 2 aromatic rings. The molecular formula is C12H11N3O5. The molecule has 0 amide bonds. The largest absolute Gasteiger partial charge is 0.481 e. The van der Waals surface area contributed by atoms with E-state index in [0.717, 1.165) is 6.07 Å². The van der Waals surface area contributed by atoms with Crippen LogP contribution < -0.4 is 10.9 Å². The van der Waals surface area contributed by atoms with Gasteiger partial charge in [0.15, 0.2) is 0 Å². The van der Waals surface area contributed by atoms with Crippen LogP contribution in [0.3, 0.4) is 0 Å². The van der Waals surface area contributed by atoms with E-state index in [2.05, 4.69) is 10.3 Å². The predicted molar refractivity (Wildman–Crippen MR) is 68.8 cm³/mol. The number of fused-ring (bicyclic) bond motifs is 1. The number of carbonyl (C=O) groups is 2. The average molecular weight is 277 g/mol. The lowest BCUT2D eigenvalue weighted by atomic mass is 10.2. The first-order chi connectivity index (χ1) is 9.47. The number of carboxylic acids is 2. The summed E-state index contributed by atoms with van der Waals surface area (Å²) in [4.78, 5) is 37.4. The maximum atomic E-state index is 11.8. The third kappa shape index (κ3) is 2.91. The van der Waals surface area contributed by atoms with E-state index in [1.54, 1.807) is 18.2 Å². The van der Waals surface area contributed by atoms with Crippen molar-refractivity contribution in [3.8, 4) is 0 Å². The molecule has 8 nitrogen and oxygen atoms in total. The zero-order valence-corrected chi connectivity index (χ0v) is 10.2. The Bertz CT molecular complexity index is 724. The zero-order chi connectivity index (χ0) is 14.7. The van der Waals surface area contributed by atoms with Crippen molar-refractivity contribution in [1.29, 1.82) is 0 Å². The molecule has 2 heterocycles. The van der Waals surface area contributed by atoms with Crippen molar-refractivity contribution in [2.24, 2.45) is 0 Å². The third-order valence-electron chi connectivity index (χ3n) is 2.57. The van der Waals surface area contributed by atoms with Crippen LogP contribution in [-0.2, 0) is 9.59 Å². The number of carboxylic acid groups (broad SMARTS) is 2. The molecule has 3 N–H and O–H groups in total. The smallest absolute Gasteiger partial charge is 0.326 e. The highest BCUT2D eigenvalue weighted by molar-refractivity contribution is 5.83. The molecule has 0 bridgehead atoms. The molecule has 0 aliphatic carbocycles. The Labute approximate surface area is 112 Å². The van der Waals surface area contributed by atoms with Crippen LogP contribution >= 0.6 is 0 Å². The molecule has 0 radical (unpaired) electrons. The van der Waals surface area contributed by atoms with Crippen molar-refractivity contribution in [2.75, 3.05) is 5.32 Å². The van der Waals surface area contributed by atoms with Crippen molar-refractivity contribution in [3.05, 3.63) is 40.8 Å². The predicted octanol–water partition coefficient (Wildman–Crippen LogP) is 0.0343. The van der Waals surface area contributed by atoms with Crippen LogP contribution in [-0.4, -0.2) is 37.6 Å². The van der Waals surface area contributed by atoms with Gasteiger partial charge in [-0.05, 0) is 12.1 Å². The van der Waals surface area contributed by atoms with Gasteiger partial charge in [0, 0.05) is 12.3 Å². The second-order valence-corrected chi connectivity index (χ2v) is 4.04. The van der Waals surface area contributed by atoms with E-state index in [4.69, 9.17) is 10.2 Å². The van der Waals surface area contributed by atoms with Crippen LogP contribution in [0.1, 0.15) is 6.42 Å². The van der Waals surface area contributed by atoms with Gasteiger partial charge in [0.05, 0.1) is 6.42 Å². The summed E-state index contributed by atoms with van der Waals surface area (Å²) in [5.41, 5.74) is -0.0560. The quantitative estimate of drug-likeness (QED) is 0.705. The van der Waals surface area contributed by atoms with Gasteiger partial charge in [-0.2, -0.15) is 0 Å². The molecule has 20 heavy (non-hydrogen) atoms. The Hall–Kier alpha value is -2.90. The molecule has 0 fully saturated rings. The van der Waals surface area contributed by atoms with Crippen molar-refractivity contribution in [2.45, 2.75) is 12.5 Å². The summed E-state index contributed by atoms with van der Waals surface area (Å²) in [5.74, 6) is -2.57. The molecule has 2 rings (SSSR count). The lowest BCUT2D eigenvalue weighted by Gasteiger charge is -2.13. The SMILES string of the molecule is O=C(O)C[C@H](Nc1cc(=O)n2ccccc2n1)C(=O)O. The van der Waals surface area contributed by atoms with Crippen LogP contribution in [0, 0.1) is 0 Å². The van der Waals surface area contributed by atoms with Crippen LogP contribution in [0.15, 0.2) is 35.3 Å². The standard InChI is InChI=1S/C12H11N3O5/c16-10-6-8(13-7(12(19)20)5-11(17)18)14-9-3-1-2-4-15(9)10/h1-4,6-7,13H,5H2,(H,17,18)(H,19,20)/t7-/m0/s1. The first kappa shape index (κ1) is 13.5. The Balaban J connectivity index is 2.35. The molecule has 0 aliphatic heterocycles. The number of rotatable bonds is 5. The van der Waals surface area contributed by atoms with E-state index in [-0.39, 0.29) is 5.82 Å². The normalized spacial score (nSPS) is 12.0. The fourth-order valence-corrected chi connectivity index (χ4v) is 1.68. The first-order valence-corrected chi connectivity index (χ1v) is 5.67. The molecule has 0 spiro atoms. The number of nitrogens with one attached hydrogen (secondary N) is 1. The zero-order valence-electron chi connectivity index (χ0n) is 10.2. The van der Waals surface area contributed by atoms with E-state index in [1.165, 1.54) is 10.6 Å². The maximum absolute atomic E-state index is 11.8. The van der Waals surface area contributed by atoms with Gasteiger partial charge >= 0.3 is 11.9 Å². The van der Waals surface area contributed by atoms with Gasteiger partial charge in [-0.25, -0.2) is 9.78 Å². The third-order valence-corrected chi connectivity index (χ3v) is 2.57. The number of nitrogens with zero attached hydrogens (tertiary/aromatic N) is 2. The van der Waals surface area contributed by atoms with Crippen molar-refractivity contribution in [1.82, 2.24) is 9.38 Å². The second-order valence-electron chi connectivity index (χ2n) is 4.04. The van der Waals surface area contributed by atoms with Crippen LogP contribution in [0.25, 0.3) is 5.65 Å². The average Bonchev–Trinajstić information content (AvgIpc) is 2.37. The highest BCUT2D eigenvalue weighted by Crippen LogP contribution is 2.07. The number of aliphatic carboxylic acids is 2. The minimum atomic E-state index is -1.36. The molecule has 0 saturated carbocycles. The summed E-state index contributed by atoms with van der Waals surface area (Å²) in [6, 6.07) is 4.68. The molecule has 104 valence electrons. The summed E-state index contributed by atoms with van der Waals surface area (Å²) in [5, 5.41) is 20.0. The van der Waals surface area contributed by atoms with Gasteiger partial charge in [-0.15, -0.1) is 0 Å². The van der Waals surface area contributed by atoms with Crippen LogP contribution in [0.5, 0.6) is 0 Å². The Morgan fingerprint density at radius 1 is 1.35 bits per heavy atom. The maximum Gasteiger partial charge on any atom is 0.326 e. The fraction of sp³-hybridized carbons (Fsp3) is 0.167. The minimum Gasteiger partial charge on any atom is -0.481 e. The fourth-order valence-electron chi connectivity index (χ4n) is 1.68. The Morgan fingerprint density at radius 2 is 2.10 bits per heavy atom. The Morgan fingerprint density at radius 3 is 2.75 bits per heavy atom. The molecular weight excluding hydrogens is 266 g/mol. The number of hydrogen-bond acceptors (Lipinski definition) is 5. The van der Waals surface area contributed by atoms with E-state index >= 15 is 0 Å². The van der Waals surface area contributed by atoms with Crippen LogP contribution in [0.4, 0.5) is 5.82 Å². The number of pyridine rings is 1. The molecule has 0 unspecified atom stereocenters. The topological polar surface area (TPSA) is 121 Å². The highest BCUT2D eigenvalue weighted by Gasteiger charge is 2.21. The van der Waals surface area contributed by atoms with Crippen molar-refractivity contribution >= 4 is 23.4 Å². The van der Waals surface area contributed by atoms with Crippen LogP contribution in [0.2, 0.25) is 0 Å². The molecule has 1 atom stereocenters. The van der Waals surface area contributed by atoms with E-state index < -0.39 is 30.0 Å². The minimum absolute atomic E-state index is 0.0230. The molecule has 2 aromatic heterocycles. The summed E-state index contributed by atoms with van der Waals surface area (Å²) in [6.45, 7) is 0. The van der Waals surface area contributed by atoms with Gasteiger partial charge in [0.1, 0.15) is 17.5 Å². The summed E-state index contributed by atoms with van der Waals surface area (Å²) in [7, 11) is 0. The van der Waals surface area contributed by atoms with Gasteiger partial charge in [0.2, 0.25) is 0 Å². The lowest BCUT2D eigenvalue weighted by Crippen LogP contribution is -2.32. The van der Waals surface area contributed by atoms with E-state index in [0.29, 0.717) is 5.65 Å². The molecule has 0 saturated heterocycles. The summed E-state index contributed by atoms with van der Waals surface area (Å²) >= 11 is 0. The highest BCUT2D eigenvalue weighted by atomic mass is 16.4. The number of aromatic nitrogens is 2. The molecule has 0 aromatic carbocycles. The number of anilines is 1. The monoisotopic (exact) mass is 277 g/mol. The van der Waals surface area contributed by atoms with Crippen molar-refractivity contribution in [3.63, 3.8) is 0 Å². The summed E-state index contributed by atoms with van der Waals surface area (Å²) < 4.78 is 1.29. The van der Waals surface area contributed by atoms with Gasteiger partial charge in [-0.1, -0.05) is 6.07 Å².